The lowest BCUT2D eigenvalue weighted by Gasteiger charge is -2.65. The Labute approximate surface area is 192 Å². The molecule has 0 bridgehead atoms. The predicted molar refractivity (Wildman–Crippen MR) is 113 cm³/mol. The number of aliphatic carboxylic acids is 1. The molecule has 5 N–H and O–H groups in total. The van der Waals surface area contributed by atoms with Gasteiger partial charge in [0.05, 0.1) is 12.5 Å². The number of hydrogen-bond acceptors (Lipinski definition) is 7. The van der Waals surface area contributed by atoms with E-state index in [4.69, 9.17) is 5.11 Å². The van der Waals surface area contributed by atoms with Gasteiger partial charge in [-0.1, -0.05) is 20.8 Å². The zero-order valence-corrected chi connectivity index (χ0v) is 19.3. The highest BCUT2D eigenvalue weighted by molar-refractivity contribution is 5.94. The number of carboxylic acid groups (broad SMARTS) is 1. The molecule has 33 heavy (non-hydrogen) atoms. The molecule has 186 valence electrons. The molecule has 0 radical (unpaired) electrons. The van der Waals surface area contributed by atoms with Crippen LogP contribution in [0.1, 0.15) is 65.7 Å². The molecule has 0 spiro atoms. The molecular weight excluding hydrogens is 435 g/mol. The van der Waals surface area contributed by atoms with E-state index in [2.05, 4.69) is 0 Å². The highest BCUT2D eigenvalue weighted by atomic mass is 19.1. The van der Waals surface area contributed by atoms with Crippen molar-refractivity contribution in [3.05, 3.63) is 0 Å². The maximum atomic E-state index is 15.6. The van der Waals surface area contributed by atoms with Gasteiger partial charge in [-0.2, -0.15) is 0 Å². The summed E-state index contributed by atoms with van der Waals surface area (Å²) in [7, 11) is 0. The smallest absolute Gasteiger partial charge is 0.306 e. The van der Waals surface area contributed by atoms with E-state index < -0.39 is 76.3 Å². The zero-order chi connectivity index (χ0) is 24.7. The van der Waals surface area contributed by atoms with Crippen LogP contribution in [0.5, 0.6) is 0 Å². The van der Waals surface area contributed by atoms with Crippen LogP contribution < -0.4 is 0 Å². The predicted octanol–water partition coefficient (Wildman–Crippen LogP) is 1.01. The molecule has 4 saturated carbocycles. The van der Waals surface area contributed by atoms with Gasteiger partial charge in [0.2, 0.25) is 0 Å². The Morgan fingerprint density at radius 2 is 1.82 bits per heavy atom. The molecule has 0 heterocycles. The monoisotopic (exact) mass is 470 g/mol. The van der Waals surface area contributed by atoms with E-state index in [1.807, 2.05) is 0 Å². The van der Waals surface area contributed by atoms with Gasteiger partial charge in [-0.05, 0) is 49.4 Å². The maximum absolute atomic E-state index is 15.6. The van der Waals surface area contributed by atoms with Gasteiger partial charge < -0.3 is 25.5 Å². The number of aliphatic hydroxyl groups is 4. The SMILES string of the molecule is CC1C[C@H]2[C@@H]3CC(F)C4(O)CC(=O)CC[C@]4(C)[C@H]3C(O)C[C@]2(C)[C@@]1(O)C(=O)C(O)CC(=O)O. The van der Waals surface area contributed by atoms with E-state index in [-0.39, 0.29) is 43.8 Å². The summed E-state index contributed by atoms with van der Waals surface area (Å²) in [6.45, 7) is 5.05. The number of ketones is 2. The average molecular weight is 471 g/mol. The number of carbonyl (C=O) groups is 3. The lowest BCUT2D eigenvalue weighted by atomic mass is 9.41. The number of carbonyl (C=O) groups excluding carboxylic acids is 2. The topological polar surface area (TPSA) is 152 Å². The molecule has 0 saturated heterocycles. The van der Waals surface area contributed by atoms with E-state index in [0.717, 1.165) is 0 Å². The third kappa shape index (κ3) is 3.04. The number of halogens is 1. The third-order valence-corrected chi connectivity index (χ3v) is 10.2. The molecule has 4 fully saturated rings. The van der Waals surface area contributed by atoms with E-state index in [1.54, 1.807) is 20.8 Å². The van der Waals surface area contributed by atoms with Crippen molar-refractivity contribution < 1.29 is 44.3 Å². The molecule has 4 rings (SSSR count). The Bertz CT molecular complexity index is 879. The molecule has 0 aromatic rings. The second-order valence-electron chi connectivity index (χ2n) is 11.6. The van der Waals surface area contributed by atoms with Crippen molar-refractivity contribution in [2.24, 2.45) is 34.5 Å². The van der Waals surface area contributed by atoms with Crippen LogP contribution in [0, 0.1) is 34.5 Å². The van der Waals surface area contributed by atoms with Crippen LogP contribution in [0.15, 0.2) is 0 Å². The number of carboxylic acids is 1. The van der Waals surface area contributed by atoms with Gasteiger partial charge in [0.1, 0.15) is 29.3 Å². The van der Waals surface area contributed by atoms with Crippen molar-refractivity contribution in [2.45, 2.75) is 95.3 Å². The lowest BCUT2D eigenvalue weighted by molar-refractivity contribution is -0.262. The van der Waals surface area contributed by atoms with Crippen LogP contribution in [-0.2, 0) is 14.4 Å². The molecule has 4 aliphatic rings. The van der Waals surface area contributed by atoms with Crippen molar-refractivity contribution in [2.75, 3.05) is 0 Å². The molecule has 0 amide bonds. The second-order valence-corrected chi connectivity index (χ2v) is 11.6. The summed E-state index contributed by atoms with van der Waals surface area (Å²) < 4.78 is 15.6. The largest absolute Gasteiger partial charge is 0.481 e. The molecule has 9 heteroatoms. The van der Waals surface area contributed by atoms with Gasteiger partial charge in [-0.15, -0.1) is 0 Å². The van der Waals surface area contributed by atoms with Crippen LogP contribution in [0.25, 0.3) is 0 Å². The first-order valence-corrected chi connectivity index (χ1v) is 11.9. The zero-order valence-electron chi connectivity index (χ0n) is 19.3. The Hall–Kier alpha value is -1.42. The van der Waals surface area contributed by atoms with Crippen LogP contribution >= 0.6 is 0 Å². The van der Waals surface area contributed by atoms with Gasteiger partial charge in [-0.25, -0.2) is 4.39 Å². The molecule has 4 aliphatic carbocycles. The van der Waals surface area contributed by atoms with Crippen molar-refractivity contribution in [3.63, 3.8) is 0 Å². The summed E-state index contributed by atoms with van der Waals surface area (Å²) in [4.78, 5) is 36.3. The van der Waals surface area contributed by atoms with Crippen molar-refractivity contribution in [1.82, 2.24) is 0 Å². The normalized spacial score (nSPS) is 52.4. The number of aliphatic hydroxyl groups excluding tert-OH is 2. The minimum absolute atomic E-state index is 0.0121. The first-order chi connectivity index (χ1) is 15.1. The van der Waals surface area contributed by atoms with Crippen LogP contribution in [-0.4, -0.2) is 72.7 Å². The first-order valence-electron chi connectivity index (χ1n) is 11.9. The number of hydrogen-bond donors (Lipinski definition) is 5. The fourth-order valence-corrected chi connectivity index (χ4v) is 8.52. The first kappa shape index (κ1) is 24.7. The third-order valence-electron chi connectivity index (χ3n) is 10.2. The highest BCUT2D eigenvalue weighted by Crippen LogP contribution is 2.70. The molecular formula is C24H35FO8. The maximum Gasteiger partial charge on any atom is 0.306 e. The molecule has 11 atom stereocenters. The fourth-order valence-electron chi connectivity index (χ4n) is 8.52. The summed E-state index contributed by atoms with van der Waals surface area (Å²) in [5.41, 5.74) is -6.20. The molecule has 8 nitrogen and oxygen atoms in total. The summed E-state index contributed by atoms with van der Waals surface area (Å²) >= 11 is 0. The van der Waals surface area contributed by atoms with Gasteiger partial charge in [0.15, 0.2) is 5.78 Å². The summed E-state index contributed by atoms with van der Waals surface area (Å²) in [6.07, 6.45) is -5.12. The lowest BCUT2D eigenvalue weighted by Crippen LogP contribution is -2.71. The molecule has 5 unspecified atom stereocenters. The number of Topliss-reactive ketones (excluding diaryl/α,β-unsaturated/α-hetero) is 2. The van der Waals surface area contributed by atoms with E-state index >= 15 is 4.39 Å². The minimum Gasteiger partial charge on any atom is -0.481 e. The molecule has 0 aromatic heterocycles. The van der Waals surface area contributed by atoms with Gasteiger partial charge in [0, 0.05) is 23.7 Å². The van der Waals surface area contributed by atoms with Gasteiger partial charge >= 0.3 is 5.97 Å². The number of alkyl halides is 1. The van der Waals surface area contributed by atoms with Crippen molar-refractivity contribution in [3.8, 4) is 0 Å². The average Bonchev–Trinajstić information content (AvgIpc) is 2.90. The van der Waals surface area contributed by atoms with Crippen LogP contribution in [0.3, 0.4) is 0 Å². The molecule has 0 aliphatic heterocycles. The second kappa shape index (κ2) is 7.54. The Balaban J connectivity index is 1.75. The van der Waals surface area contributed by atoms with Crippen molar-refractivity contribution >= 4 is 17.5 Å². The van der Waals surface area contributed by atoms with Gasteiger partial charge in [-0.3, -0.25) is 14.4 Å². The molecule has 0 aromatic carbocycles. The van der Waals surface area contributed by atoms with Crippen LogP contribution in [0.4, 0.5) is 4.39 Å². The summed E-state index contributed by atoms with van der Waals surface area (Å²) in [5.74, 6) is -4.55. The Morgan fingerprint density at radius 1 is 1.18 bits per heavy atom. The van der Waals surface area contributed by atoms with Crippen LogP contribution in [0.2, 0.25) is 0 Å². The van der Waals surface area contributed by atoms with Crippen molar-refractivity contribution in [1.29, 1.82) is 0 Å². The minimum atomic E-state index is -2.08. The number of fused-ring (bicyclic) bond motifs is 5. The van der Waals surface area contributed by atoms with E-state index in [1.165, 1.54) is 0 Å². The van der Waals surface area contributed by atoms with Gasteiger partial charge in [0.25, 0.3) is 0 Å². The summed E-state index contributed by atoms with van der Waals surface area (Å²) in [5, 5.41) is 53.7. The highest BCUT2D eigenvalue weighted by Gasteiger charge is 2.74. The van der Waals surface area contributed by atoms with E-state index in [9.17, 15) is 34.8 Å². The Morgan fingerprint density at radius 3 is 2.42 bits per heavy atom. The summed E-state index contributed by atoms with van der Waals surface area (Å²) in [6, 6.07) is 0. The quantitative estimate of drug-likeness (QED) is 0.408. The standard InChI is InChI=1S/C24H35FO8/c1-11-6-14-13-7-17(25)23(32)9-12(26)4-5-21(23,2)19(13)16(28)10-22(14,3)24(11,33)20(31)15(27)8-18(29)30/h11,13-17,19,27-28,32-33H,4-10H2,1-3H3,(H,29,30)/t11?,13-,14-,15?,16?,17?,19+,21+,22-,23?,24-/m0/s1. The van der Waals surface area contributed by atoms with E-state index in [0.29, 0.717) is 6.42 Å². The number of rotatable bonds is 4. The Kier molecular flexibility index (Phi) is 5.64. The fraction of sp³-hybridized carbons (Fsp3) is 0.875.